The molecule has 4 atom stereocenters. The van der Waals surface area contributed by atoms with Crippen molar-refractivity contribution in [3.63, 3.8) is 0 Å². The Bertz CT molecular complexity index is 169. The van der Waals surface area contributed by atoms with E-state index in [1.165, 1.54) is 25.7 Å². The maximum absolute atomic E-state index is 9.12. The number of fused-ring (bicyclic) bond motifs is 2. The number of hydrogen-bond acceptors (Lipinski definition) is 2. The average Bonchev–Trinajstić information content (AvgIpc) is 2.64. The molecule has 0 aromatic rings. The Morgan fingerprint density at radius 3 is 2.77 bits per heavy atom. The maximum atomic E-state index is 9.12. The van der Waals surface area contributed by atoms with E-state index >= 15 is 0 Å². The fraction of sp³-hybridized carbons (Fsp3) is 1.00. The Morgan fingerprint density at radius 1 is 1.38 bits per heavy atom. The van der Waals surface area contributed by atoms with Crippen LogP contribution in [0, 0.1) is 11.8 Å². The Hall–Kier alpha value is -0.0800. The zero-order valence-electron chi connectivity index (χ0n) is 8.50. The lowest BCUT2D eigenvalue weighted by Gasteiger charge is -2.23. The van der Waals surface area contributed by atoms with Crippen LogP contribution in [0.5, 0.6) is 0 Å². The van der Waals surface area contributed by atoms with Gasteiger partial charge in [0.25, 0.3) is 0 Å². The number of rotatable bonds is 4. The first kappa shape index (κ1) is 9.47. The van der Waals surface area contributed by atoms with E-state index in [0.717, 1.165) is 30.8 Å². The van der Waals surface area contributed by atoms with Crippen molar-refractivity contribution >= 4 is 0 Å². The summed E-state index contributed by atoms with van der Waals surface area (Å²) >= 11 is 0. The molecule has 2 bridgehead atoms. The van der Waals surface area contributed by atoms with E-state index in [1.54, 1.807) is 0 Å². The first-order chi connectivity index (χ1) is 6.25. The second-order valence-corrected chi connectivity index (χ2v) is 4.87. The summed E-state index contributed by atoms with van der Waals surface area (Å²) < 4.78 is 0. The van der Waals surface area contributed by atoms with Crippen LogP contribution in [0.3, 0.4) is 0 Å². The van der Waals surface area contributed by atoms with Crippen molar-refractivity contribution < 1.29 is 5.11 Å². The van der Waals surface area contributed by atoms with E-state index in [2.05, 4.69) is 5.32 Å². The van der Waals surface area contributed by atoms with E-state index in [4.69, 9.17) is 5.11 Å². The first-order valence-electron chi connectivity index (χ1n) is 5.67. The molecule has 2 rings (SSSR count). The fourth-order valence-electron chi connectivity index (χ4n) is 2.97. The highest BCUT2D eigenvalue weighted by Gasteiger charge is 2.38. The van der Waals surface area contributed by atoms with Gasteiger partial charge in [-0.05, 0) is 51.0 Å². The lowest BCUT2D eigenvalue weighted by atomic mass is 9.95. The fourth-order valence-corrected chi connectivity index (χ4v) is 2.97. The molecule has 2 saturated carbocycles. The zero-order chi connectivity index (χ0) is 9.26. The third-order valence-corrected chi connectivity index (χ3v) is 3.71. The predicted molar refractivity (Wildman–Crippen MR) is 53.5 cm³/mol. The minimum atomic E-state index is -0.147. The average molecular weight is 183 g/mol. The SMILES string of the molecule is C[C@@H](O)CCN[C@H]1C[C@H]2CC[C@H]1C2. The van der Waals surface area contributed by atoms with E-state index in [0.29, 0.717) is 0 Å². The number of hydrogen-bond donors (Lipinski definition) is 2. The molecule has 2 nitrogen and oxygen atoms in total. The van der Waals surface area contributed by atoms with Crippen LogP contribution in [0.4, 0.5) is 0 Å². The molecule has 0 amide bonds. The van der Waals surface area contributed by atoms with Crippen molar-refractivity contribution in [3.05, 3.63) is 0 Å². The molecule has 0 aliphatic heterocycles. The highest BCUT2D eigenvalue weighted by Crippen LogP contribution is 2.44. The molecule has 0 aromatic heterocycles. The zero-order valence-corrected chi connectivity index (χ0v) is 8.50. The molecule has 2 aliphatic rings. The van der Waals surface area contributed by atoms with Crippen molar-refractivity contribution in [3.8, 4) is 0 Å². The van der Waals surface area contributed by atoms with Gasteiger partial charge < -0.3 is 10.4 Å². The summed E-state index contributed by atoms with van der Waals surface area (Å²) in [6.07, 6.45) is 6.52. The van der Waals surface area contributed by atoms with Gasteiger partial charge in [0.2, 0.25) is 0 Å². The first-order valence-corrected chi connectivity index (χ1v) is 5.67. The minimum Gasteiger partial charge on any atom is -0.393 e. The van der Waals surface area contributed by atoms with E-state index in [-0.39, 0.29) is 6.10 Å². The summed E-state index contributed by atoms with van der Waals surface area (Å²) in [5.41, 5.74) is 0. The molecule has 2 N–H and O–H groups in total. The summed E-state index contributed by atoms with van der Waals surface area (Å²) in [7, 11) is 0. The van der Waals surface area contributed by atoms with Crippen LogP contribution in [0.25, 0.3) is 0 Å². The highest BCUT2D eigenvalue weighted by molar-refractivity contribution is 4.93. The molecule has 0 radical (unpaired) electrons. The van der Waals surface area contributed by atoms with E-state index in [9.17, 15) is 0 Å². The van der Waals surface area contributed by atoms with Gasteiger partial charge in [-0.2, -0.15) is 0 Å². The van der Waals surface area contributed by atoms with Crippen LogP contribution in [0.2, 0.25) is 0 Å². The van der Waals surface area contributed by atoms with Crippen LogP contribution in [0.1, 0.15) is 39.0 Å². The lowest BCUT2D eigenvalue weighted by Crippen LogP contribution is -2.35. The standard InChI is InChI=1S/C11H21NO/c1-8(13)4-5-12-11-7-9-2-3-10(11)6-9/h8-13H,2-7H2,1H3/t8-,9+,10+,11+/m1/s1. The third kappa shape index (κ3) is 2.23. The van der Waals surface area contributed by atoms with Gasteiger partial charge in [-0.3, -0.25) is 0 Å². The molecule has 0 heterocycles. The summed E-state index contributed by atoms with van der Waals surface area (Å²) in [5.74, 6) is 1.98. The Labute approximate surface area is 80.7 Å². The molecule has 2 heteroatoms. The smallest absolute Gasteiger partial charge is 0.0524 e. The van der Waals surface area contributed by atoms with Crippen LogP contribution in [-0.4, -0.2) is 23.8 Å². The number of aliphatic hydroxyl groups is 1. The minimum absolute atomic E-state index is 0.147. The van der Waals surface area contributed by atoms with E-state index in [1.807, 2.05) is 6.92 Å². The van der Waals surface area contributed by atoms with Crippen LogP contribution in [-0.2, 0) is 0 Å². The van der Waals surface area contributed by atoms with Gasteiger partial charge >= 0.3 is 0 Å². The topological polar surface area (TPSA) is 32.3 Å². The number of aliphatic hydroxyl groups excluding tert-OH is 1. The quantitative estimate of drug-likeness (QED) is 0.693. The molecule has 2 aliphatic carbocycles. The molecule has 0 saturated heterocycles. The summed E-state index contributed by atoms with van der Waals surface area (Å²) in [4.78, 5) is 0. The normalized spacial score (nSPS) is 39.7. The third-order valence-electron chi connectivity index (χ3n) is 3.71. The monoisotopic (exact) mass is 183 g/mol. The summed E-state index contributed by atoms with van der Waals surface area (Å²) in [6.45, 7) is 2.86. The maximum Gasteiger partial charge on any atom is 0.0524 e. The van der Waals surface area contributed by atoms with Crippen LogP contribution < -0.4 is 5.32 Å². The van der Waals surface area contributed by atoms with Crippen LogP contribution in [0.15, 0.2) is 0 Å². The van der Waals surface area contributed by atoms with Gasteiger partial charge in [-0.25, -0.2) is 0 Å². The van der Waals surface area contributed by atoms with Crippen molar-refractivity contribution in [1.82, 2.24) is 5.32 Å². The van der Waals surface area contributed by atoms with Crippen molar-refractivity contribution in [2.45, 2.75) is 51.2 Å². The van der Waals surface area contributed by atoms with Gasteiger partial charge in [-0.1, -0.05) is 6.42 Å². The molecule has 13 heavy (non-hydrogen) atoms. The Balaban J connectivity index is 1.66. The van der Waals surface area contributed by atoms with Gasteiger partial charge in [0.05, 0.1) is 6.10 Å². The van der Waals surface area contributed by atoms with Crippen molar-refractivity contribution in [2.75, 3.05) is 6.54 Å². The predicted octanol–water partition coefficient (Wildman–Crippen LogP) is 1.54. The van der Waals surface area contributed by atoms with Gasteiger partial charge in [-0.15, -0.1) is 0 Å². The summed E-state index contributed by atoms with van der Waals surface area (Å²) in [5, 5.41) is 12.7. The van der Waals surface area contributed by atoms with Crippen molar-refractivity contribution in [1.29, 1.82) is 0 Å². The molecule has 76 valence electrons. The molecule has 0 aromatic carbocycles. The Kier molecular flexibility index (Phi) is 2.89. The van der Waals surface area contributed by atoms with Gasteiger partial charge in [0.15, 0.2) is 0 Å². The molecule has 0 spiro atoms. The van der Waals surface area contributed by atoms with Crippen molar-refractivity contribution in [2.24, 2.45) is 11.8 Å². The number of nitrogens with one attached hydrogen (secondary N) is 1. The molecule has 0 unspecified atom stereocenters. The molecular formula is C11H21NO. The largest absolute Gasteiger partial charge is 0.393 e. The van der Waals surface area contributed by atoms with E-state index < -0.39 is 0 Å². The highest BCUT2D eigenvalue weighted by atomic mass is 16.3. The molecule has 2 fully saturated rings. The Morgan fingerprint density at radius 2 is 2.23 bits per heavy atom. The second kappa shape index (κ2) is 3.97. The summed E-state index contributed by atoms with van der Waals surface area (Å²) in [6, 6.07) is 0.775. The van der Waals surface area contributed by atoms with Crippen LogP contribution >= 0.6 is 0 Å². The van der Waals surface area contributed by atoms with Gasteiger partial charge in [0.1, 0.15) is 0 Å². The molecular weight excluding hydrogens is 162 g/mol. The lowest BCUT2D eigenvalue weighted by molar-refractivity contribution is 0.180. The second-order valence-electron chi connectivity index (χ2n) is 4.87. The van der Waals surface area contributed by atoms with Gasteiger partial charge in [0, 0.05) is 6.04 Å².